The van der Waals surface area contributed by atoms with E-state index < -0.39 is 5.97 Å². The minimum atomic E-state index is -0.670. The van der Waals surface area contributed by atoms with Crippen LogP contribution in [-0.4, -0.2) is 40.1 Å². The van der Waals surface area contributed by atoms with Gasteiger partial charge in [-0.25, -0.2) is 0 Å². The lowest BCUT2D eigenvalue weighted by atomic mass is 9.64. The summed E-state index contributed by atoms with van der Waals surface area (Å²) in [6, 6.07) is 6.36. The summed E-state index contributed by atoms with van der Waals surface area (Å²) in [7, 11) is 2.07. The molecule has 1 aromatic carbocycles. The molecule has 0 spiro atoms. The van der Waals surface area contributed by atoms with Gasteiger partial charge in [0.05, 0.1) is 5.92 Å². The van der Waals surface area contributed by atoms with Crippen LogP contribution >= 0.6 is 0 Å². The van der Waals surface area contributed by atoms with Crippen molar-refractivity contribution in [2.24, 2.45) is 5.92 Å². The van der Waals surface area contributed by atoms with E-state index in [0.29, 0.717) is 6.54 Å². The number of aromatic nitrogens is 1. The molecule has 2 aromatic rings. The molecule has 1 aliphatic carbocycles. The minimum Gasteiger partial charge on any atom is -0.481 e. The van der Waals surface area contributed by atoms with E-state index >= 15 is 0 Å². The van der Waals surface area contributed by atoms with Crippen LogP contribution in [0.1, 0.15) is 30.4 Å². The molecule has 0 unspecified atom stereocenters. The Hall–Kier alpha value is -1.81. The average Bonchev–Trinajstić information content (AvgIpc) is 2.85. The molecular formula is C17H20N2O2. The van der Waals surface area contributed by atoms with Gasteiger partial charge in [-0.3, -0.25) is 9.69 Å². The van der Waals surface area contributed by atoms with Crippen LogP contribution in [0.25, 0.3) is 10.9 Å². The van der Waals surface area contributed by atoms with Gasteiger partial charge in [-0.05, 0) is 44.0 Å². The fraction of sp³-hybridized carbons (Fsp3) is 0.471. The third-order valence-electron chi connectivity index (χ3n) is 5.73. The molecule has 4 heteroatoms. The van der Waals surface area contributed by atoms with Crippen molar-refractivity contribution in [1.29, 1.82) is 0 Å². The molecule has 0 radical (unpaired) electrons. The lowest BCUT2D eigenvalue weighted by Gasteiger charge is -2.52. The number of nitrogens with zero attached hydrogens (tertiary/aromatic N) is 1. The molecule has 1 saturated heterocycles. The molecular weight excluding hydrogens is 264 g/mol. The number of aliphatic carboxylic acids is 1. The molecule has 0 bridgehead atoms. The van der Waals surface area contributed by atoms with Crippen molar-refractivity contribution >= 4 is 16.9 Å². The van der Waals surface area contributed by atoms with Gasteiger partial charge in [0.1, 0.15) is 0 Å². The van der Waals surface area contributed by atoms with E-state index in [1.54, 1.807) is 0 Å². The number of rotatable bonds is 1. The minimum absolute atomic E-state index is 0.00935. The molecule has 0 amide bonds. The number of piperidine rings is 1. The molecule has 2 aliphatic rings. The quantitative estimate of drug-likeness (QED) is 0.846. The Morgan fingerprint density at radius 3 is 3.05 bits per heavy atom. The summed E-state index contributed by atoms with van der Waals surface area (Å²) in [6.45, 7) is 2.92. The van der Waals surface area contributed by atoms with E-state index in [1.165, 1.54) is 22.0 Å². The number of likely N-dealkylation sites (tertiary alicyclic amines) is 1. The van der Waals surface area contributed by atoms with E-state index in [-0.39, 0.29) is 17.4 Å². The second kappa shape index (κ2) is 4.10. The lowest BCUT2D eigenvalue weighted by molar-refractivity contribution is -0.145. The number of likely N-dealkylation sites (N-methyl/N-ethyl adjacent to an activating group) is 1. The number of carboxylic acid groups (broad SMARTS) is 1. The van der Waals surface area contributed by atoms with Crippen molar-refractivity contribution in [3.63, 3.8) is 0 Å². The number of aromatic amines is 1. The third kappa shape index (κ3) is 1.62. The Kier molecular flexibility index (Phi) is 2.52. The van der Waals surface area contributed by atoms with E-state index in [0.717, 1.165) is 12.8 Å². The average molecular weight is 284 g/mol. The van der Waals surface area contributed by atoms with Crippen LogP contribution < -0.4 is 0 Å². The predicted molar refractivity (Wildman–Crippen MR) is 81.5 cm³/mol. The van der Waals surface area contributed by atoms with Crippen molar-refractivity contribution in [2.75, 3.05) is 13.6 Å². The van der Waals surface area contributed by atoms with Crippen LogP contribution in [0.3, 0.4) is 0 Å². The van der Waals surface area contributed by atoms with Crippen molar-refractivity contribution in [3.05, 3.63) is 35.5 Å². The first-order valence-corrected chi connectivity index (χ1v) is 7.53. The summed E-state index contributed by atoms with van der Waals surface area (Å²) in [4.78, 5) is 17.1. The Morgan fingerprint density at radius 2 is 2.29 bits per heavy atom. The Morgan fingerprint density at radius 1 is 1.48 bits per heavy atom. The van der Waals surface area contributed by atoms with Gasteiger partial charge in [0, 0.05) is 35.1 Å². The van der Waals surface area contributed by atoms with Crippen LogP contribution in [0.5, 0.6) is 0 Å². The van der Waals surface area contributed by atoms with Crippen molar-refractivity contribution in [3.8, 4) is 0 Å². The molecule has 1 fully saturated rings. The van der Waals surface area contributed by atoms with Crippen LogP contribution in [-0.2, 0) is 11.2 Å². The molecule has 1 aliphatic heterocycles. The highest BCUT2D eigenvalue weighted by molar-refractivity contribution is 5.88. The number of fused-ring (bicyclic) bond motifs is 2. The SMILES string of the molecule is CN1C[C@H](C(=O)O)C[C@@H]2c3cccc4[nH]cc(c34)C[C@]21C. The van der Waals surface area contributed by atoms with Crippen molar-refractivity contribution < 1.29 is 9.90 Å². The normalized spacial score (nSPS) is 32.1. The number of nitrogens with one attached hydrogen (secondary N) is 1. The zero-order valence-corrected chi connectivity index (χ0v) is 12.4. The van der Waals surface area contributed by atoms with Crippen molar-refractivity contribution in [1.82, 2.24) is 9.88 Å². The second-order valence-electron chi connectivity index (χ2n) is 6.82. The first-order chi connectivity index (χ1) is 10.0. The summed E-state index contributed by atoms with van der Waals surface area (Å²) >= 11 is 0. The molecule has 4 nitrogen and oxygen atoms in total. The molecule has 4 rings (SSSR count). The summed E-state index contributed by atoms with van der Waals surface area (Å²) in [5.41, 5.74) is 3.86. The molecule has 2 heterocycles. The smallest absolute Gasteiger partial charge is 0.307 e. The van der Waals surface area contributed by atoms with Gasteiger partial charge < -0.3 is 10.1 Å². The zero-order chi connectivity index (χ0) is 14.8. The van der Waals surface area contributed by atoms with Gasteiger partial charge in [0.2, 0.25) is 0 Å². The summed E-state index contributed by atoms with van der Waals surface area (Å²) in [5, 5.41) is 10.8. The maximum absolute atomic E-state index is 11.5. The number of H-pyrrole nitrogens is 1. The number of carboxylic acids is 1. The Labute approximate surface area is 123 Å². The lowest BCUT2D eigenvalue weighted by Crippen LogP contribution is -2.58. The fourth-order valence-electron chi connectivity index (χ4n) is 4.42. The maximum Gasteiger partial charge on any atom is 0.307 e. The summed E-state index contributed by atoms with van der Waals surface area (Å²) in [5.74, 6) is -0.663. The van der Waals surface area contributed by atoms with Crippen LogP contribution in [0.4, 0.5) is 0 Å². The molecule has 0 saturated carbocycles. The Bertz CT molecular complexity index is 735. The van der Waals surface area contributed by atoms with Gasteiger partial charge in [0.25, 0.3) is 0 Å². The summed E-state index contributed by atoms with van der Waals surface area (Å²) in [6.07, 6.45) is 3.84. The van der Waals surface area contributed by atoms with E-state index in [4.69, 9.17) is 0 Å². The zero-order valence-electron chi connectivity index (χ0n) is 12.4. The highest BCUT2D eigenvalue weighted by Gasteiger charge is 2.49. The number of hydrogen-bond acceptors (Lipinski definition) is 2. The monoisotopic (exact) mass is 284 g/mol. The topological polar surface area (TPSA) is 56.3 Å². The van der Waals surface area contributed by atoms with Gasteiger partial charge in [-0.15, -0.1) is 0 Å². The number of carbonyl (C=O) groups is 1. The van der Waals surface area contributed by atoms with Gasteiger partial charge >= 0.3 is 5.97 Å². The van der Waals surface area contributed by atoms with E-state index in [1.807, 2.05) is 0 Å². The molecule has 2 N–H and O–H groups in total. The van der Waals surface area contributed by atoms with Crippen LogP contribution in [0.15, 0.2) is 24.4 Å². The standard InChI is InChI=1S/C17H20N2O2/c1-17-7-11-8-18-14-5-3-4-12(15(11)14)13(17)6-10(16(20)21)9-19(17)2/h3-5,8,10,13,18H,6-7,9H2,1-2H3,(H,20,21)/t10-,13-,17-/m1/s1. The summed E-state index contributed by atoms with van der Waals surface area (Å²) < 4.78 is 0. The third-order valence-corrected chi connectivity index (χ3v) is 5.73. The van der Waals surface area contributed by atoms with E-state index in [2.05, 4.69) is 48.3 Å². The molecule has 1 aromatic heterocycles. The van der Waals surface area contributed by atoms with Crippen LogP contribution in [0, 0.1) is 5.92 Å². The van der Waals surface area contributed by atoms with Gasteiger partial charge in [-0.2, -0.15) is 0 Å². The highest BCUT2D eigenvalue weighted by Crippen LogP contribution is 2.50. The largest absolute Gasteiger partial charge is 0.481 e. The molecule has 110 valence electrons. The number of hydrogen-bond donors (Lipinski definition) is 2. The first-order valence-electron chi connectivity index (χ1n) is 7.53. The Balaban J connectivity index is 1.90. The highest BCUT2D eigenvalue weighted by atomic mass is 16.4. The number of benzene rings is 1. The predicted octanol–water partition coefficient (Wildman–Crippen LogP) is 2.60. The maximum atomic E-state index is 11.5. The van der Waals surface area contributed by atoms with Crippen molar-refractivity contribution in [2.45, 2.75) is 31.2 Å². The first kappa shape index (κ1) is 12.9. The molecule has 21 heavy (non-hydrogen) atoms. The molecule has 3 atom stereocenters. The van der Waals surface area contributed by atoms with Gasteiger partial charge in [0.15, 0.2) is 0 Å². The fourth-order valence-corrected chi connectivity index (χ4v) is 4.42. The van der Waals surface area contributed by atoms with Gasteiger partial charge in [-0.1, -0.05) is 12.1 Å². The second-order valence-corrected chi connectivity index (χ2v) is 6.82. The van der Waals surface area contributed by atoms with Crippen LogP contribution in [0.2, 0.25) is 0 Å². The van der Waals surface area contributed by atoms with E-state index in [9.17, 15) is 9.90 Å².